The maximum absolute atomic E-state index is 14.0. The highest BCUT2D eigenvalue weighted by molar-refractivity contribution is 7.96. The SMILES string of the molecule is COc1ccc([C@@H](C)N=S(=O)([N-]C[C@@H](C)O)c2ccc(Nc3ccnc4cc(OC)ccc34)cc2)cc1. The Bertz CT molecular complexity index is 1460. The number of nitrogens with one attached hydrogen (secondary N) is 1. The predicted molar refractivity (Wildman–Crippen MR) is 148 cm³/mol. The van der Waals surface area contributed by atoms with E-state index < -0.39 is 16.0 Å². The number of pyridine rings is 1. The minimum absolute atomic E-state index is 0.0180. The highest BCUT2D eigenvalue weighted by atomic mass is 32.2. The highest BCUT2D eigenvalue weighted by Crippen LogP contribution is 2.31. The number of nitrogens with zero attached hydrogens (tertiary/aromatic N) is 3. The molecule has 0 spiro atoms. The van der Waals surface area contributed by atoms with E-state index in [1.165, 1.54) is 0 Å². The summed E-state index contributed by atoms with van der Waals surface area (Å²) in [6.45, 7) is 3.50. The molecule has 37 heavy (non-hydrogen) atoms. The number of benzene rings is 3. The molecule has 0 saturated carbocycles. The number of hydrogen-bond acceptors (Lipinski definition) is 7. The normalized spacial score (nSPS) is 14.4. The van der Waals surface area contributed by atoms with Gasteiger partial charge in [0, 0.05) is 40.0 Å². The number of fused-ring (bicyclic) bond motifs is 1. The average Bonchev–Trinajstić information content (AvgIpc) is 2.92. The molecule has 1 unspecified atom stereocenters. The molecule has 3 atom stereocenters. The van der Waals surface area contributed by atoms with Gasteiger partial charge < -0.3 is 24.6 Å². The van der Waals surface area contributed by atoms with Crippen LogP contribution in [0.2, 0.25) is 0 Å². The lowest BCUT2D eigenvalue weighted by Crippen LogP contribution is -2.11. The maximum atomic E-state index is 14.0. The van der Waals surface area contributed by atoms with Gasteiger partial charge in [-0.2, -0.15) is 0 Å². The molecule has 0 amide bonds. The van der Waals surface area contributed by atoms with Crippen molar-refractivity contribution in [1.29, 1.82) is 0 Å². The van der Waals surface area contributed by atoms with Gasteiger partial charge in [0.05, 0.1) is 25.8 Å². The molecule has 0 aliphatic rings. The van der Waals surface area contributed by atoms with E-state index in [9.17, 15) is 9.32 Å². The third-order valence-corrected chi connectivity index (χ3v) is 7.79. The standard InChI is InChI=1S/C28H31N4O4S/c1-19(33)18-30-37(34,32-20(2)21-5-9-23(35-3)10-6-21)25-12-7-22(8-13-25)31-27-15-16-29-28-17-24(36-4)11-14-26(27)28/h5-17,19-20,33H,18H2,1-4H3,(H-,29,30,31,32,34)/q-1/t19-,20-,37?/m1/s1. The Balaban J connectivity index is 1.62. The van der Waals surface area contributed by atoms with Gasteiger partial charge >= 0.3 is 0 Å². The molecule has 9 heteroatoms. The van der Waals surface area contributed by atoms with Crippen LogP contribution in [0.3, 0.4) is 0 Å². The smallest absolute Gasteiger partial charge is 0.121 e. The second-order valence-electron chi connectivity index (χ2n) is 8.60. The maximum Gasteiger partial charge on any atom is 0.121 e. The number of hydrogen-bond donors (Lipinski definition) is 2. The van der Waals surface area contributed by atoms with Crippen molar-refractivity contribution in [2.45, 2.75) is 30.9 Å². The summed E-state index contributed by atoms with van der Waals surface area (Å²) in [4.78, 5) is 4.90. The lowest BCUT2D eigenvalue weighted by Gasteiger charge is -2.28. The molecule has 4 rings (SSSR count). The molecule has 1 heterocycles. The first kappa shape index (κ1) is 26.4. The third kappa shape index (κ3) is 6.37. The largest absolute Gasteiger partial charge is 0.561 e. The molecule has 2 N–H and O–H groups in total. The summed E-state index contributed by atoms with van der Waals surface area (Å²) >= 11 is 0. The number of aromatic nitrogens is 1. The van der Waals surface area contributed by atoms with Gasteiger partial charge in [-0.15, -0.1) is 6.54 Å². The molecule has 0 bridgehead atoms. The van der Waals surface area contributed by atoms with Gasteiger partial charge in [0.15, 0.2) is 0 Å². The third-order valence-electron chi connectivity index (χ3n) is 5.80. The Morgan fingerprint density at radius 2 is 1.65 bits per heavy atom. The van der Waals surface area contributed by atoms with Crippen molar-refractivity contribution >= 4 is 32.2 Å². The summed E-state index contributed by atoms with van der Waals surface area (Å²) < 4.78 is 33.5. The Hall–Kier alpha value is -3.66. The highest BCUT2D eigenvalue weighted by Gasteiger charge is 2.11. The number of anilines is 2. The first-order chi connectivity index (χ1) is 17.8. The van der Waals surface area contributed by atoms with Gasteiger partial charge in [0.1, 0.15) is 11.5 Å². The summed E-state index contributed by atoms with van der Waals surface area (Å²) in [5, 5.41) is 14.2. The van der Waals surface area contributed by atoms with Crippen molar-refractivity contribution in [2.24, 2.45) is 4.36 Å². The fourth-order valence-electron chi connectivity index (χ4n) is 3.77. The quantitative estimate of drug-likeness (QED) is 0.256. The number of ether oxygens (including phenoxy) is 2. The zero-order chi connectivity index (χ0) is 26.4. The molecule has 3 aromatic carbocycles. The first-order valence-corrected chi connectivity index (χ1v) is 13.4. The molecule has 0 aliphatic carbocycles. The number of aliphatic hydroxyl groups is 1. The van der Waals surface area contributed by atoms with E-state index in [0.29, 0.717) is 4.90 Å². The van der Waals surface area contributed by atoms with E-state index in [0.717, 1.165) is 39.3 Å². The van der Waals surface area contributed by atoms with E-state index in [1.54, 1.807) is 39.5 Å². The van der Waals surface area contributed by atoms with Gasteiger partial charge in [-0.05, 0) is 83.9 Å². The number of aliphatic hydroxyl groups excluding tert-OH is 1. The molecule has 1 aromatic heterocycles. The first-order valence-electron chi connectivity index (χ1n) is 11.9. The van der Waals surface area contributed by atoms with Gasteiger partial charge in [-0.1, -0.05) is 12.1 Å². The van der Waals surface area contributed by atoms with E-state index in [2.05, 4.69) is 19.4 Å². The fraction of sp³-hybridized carbons (Fsp3) is 0.250. The van der Waals surface area contributed by atoms with Crippen molar-refractivity contribution in [2.75, 3.05) is 26.1 Å². The van der Waals surface area contributed by atoms with Crippen LogP contribution in [-0.4, -0.2) is 41.2 Å². The number of methoxy groups -OCH3 is 2. The summed E-state index contributed by atoms with van der Waals surface area (Å²) in [5.74, 6) is 1.48. The monoisotopic (exact) mass is 519 g/mol. The molecular formula is C28H31N4O4S-. The molecular weight excluding hydrogens is 488 g/mol. The summed E-state index contributed by atoms with van der Waals surface area (Å²) in [5.41, 5.74) is 3.40. The van der Waals surface area contributed by atoms with Crippen molar-refractivity contribution in [3.05, 3.63) is 89.3 Å². The van der Waals surface area contributed by atoms with Crippen molar-refractivity contribution in [3.8, 4) is 11.5 Å². The Morgan fingerprint density at radius 3 is 2.30 bits per heavy atom. The van der Waals surface area contributed by atoms with Gasteiger partial charge in [-0.25, -0.2) is 4.36 Å². The van der Waals surface area contributed by atoms with E-state index in [-0.39, 0.29) is 12.6 Å². The topological polar surface area (TPSA) is 107 Å². The second-order valence-corrected chi connectivity index (χ2v) is 10.5. The number of rotatable bonds is 10. The lowest BCUT2D eigenvalue weighted by atomic mass is 10.1. The molecule has 0 radical (unpaired) electrons. The van der Waals surface area contributed by atoms with E-state index >= 15 is 0 Å². The van der Waals surface area contributed by atoms with Crippen molar-refractivity contribution in [3.63, 3.8) is 0 Å². The van der Waals surface area contributed by atoms with Crippen LogP contribution >= 0.6 is 0 Å². The van der Waals surface area contributed by atoms with E-state index in [1.807, 2.05) is 67.6 Å². The van der Waals surface area contributed by atoms with E-state index in [4.69, 9.17) is 9.47 Å². The van der Waals surface area contributed by atoms with Crippen molar-refractivity contribution < 1.29 is 18.8 Å². The molecule has 194 valence electrons. The molecule has 0 fully saturated rings. The van der Waals surface area contributed by atoms with Crippen LogP contribution in [0.1, 0.15) is 25.5 Å². The lowest BCUT2D eigenvalue weighted by molar-refractivity contribution is 0.211. The molecule has 4 aromatic rings. The van der Waals surface area contributed by atoms with Gasteiger partial charge in [0.25, 0.3) is 0 Å². The summed E-state index contributed by atoms with van der Waals surface area (Å²) in [6.07, 6.45) is 1.01. The molecule has 0 saturated heterocycles. The van der Waals surface area contributed by atoms with Crippen LogP contribution in [0.5, 0.6) is 11.5 Å². The molecule has 0 aliphatic heterocycles. The Kier molecular flexibility index (Phi) is 8.27. The zero-order valence-electron chi connectivity index (χ0n) is 21.3. The zero-order valence-corrected chi connectivity index (χ0v) is 22.1. The average molecular weight is 520 g/mol. The van der Waals surface area contributed by atoms with Crippen molar-refractivity contribution in [1.82, 2.24) is 4.98 Å². The fourth-order valence-corrected chi connectivity index (χ4v) is 5.57. The minimum atomic E-state index is -3.15. The van der Waals surface area contributed by atoms with Crippen LogP contribution in [0, 0.1) is 0 Å². The predicted octanol–water partition coefficient (Wildman–Crippen LogP) is 6.25. The summed E-state index contributed by atoms with van der Waals surface area (Å²) in [7, 11) is 0.0831. The van der Waals surface area contributed by atoms with Gasteiger partial charge in [-0.3, -0.25) is 9.19 Å². The van der Waals surface area contributed by atoms with Crippen LogP contribution in [-0.2, 0) is 9.92 Å². The van der Waals surface area contributed by atoms with Gasteiger partial charge in [0.2, 0.25) is 0 Å². The Morgan fingerprint density at radius 1 is 0.973 bits per heavy atom. The van der Waals surface area contributed by atoms with Crippen LogP contribution in [0.4, 0.5) is 11.4 Å². The minimum Gasteiger partial charge on any atom is -0.561 e. The van der Waals surface area contributed by atoms with Crippen LogP contribution < -0.4 is 14.8 Å². The molecule has 8 nitrogen and oxygen atoms in total. The van der Waals surface area contributed by atoms with Crippen LogP contribution in [0.25, 0.3) is 15.6 Å². The van der Waals surface area contributed by atoms with Crippen LogP contribution in [0.15, 0.2) is 88.3 Å². The Labute approximate surface area is 218 Å². The second kappa shape index (κ2) is 11.6. The summed E-state index contributed by atoms with van der Waals surface area (Å²) in [6, 6.07) is 21.9.